The highest BCUT2D eigenvalue weighted by molar-refractivity contribution is 7.80. The summed E-state index contributed by atoms with van der Waals surface area (Å²) in [4.78, 5) is 11.0. The van der Waals surface area contributed by atoms with E-state index in [0.29, 0.717) is 4.90 Å². The molecule has 0 saturated heterocycles. The average molecular weight is 214 g/mol. The first-order chi connectivity index (χ1) is 6.07. The van der Waals surface area contributed by atoms with Crippen molar-refractivity contribution in [1.82, 2.24) is 0 Å². The molecule has 0 bridgehead atoms. The predicted molar refractivity (Wildman–Crippen MR) is 50.4 cm³/mol. The molecule has 3 nitrogen and oxygen atoms in total. The minimum atomic E-state index is -1.17. The number of carboxylic acids is 1. The van der Waals surface area contributed by atoms with Crippen LogP contribution in [0.2, 0.25) is 5.02 Å². The van der Waals surface area contributed by atoms with Gasteiger partial charge in [0.1, 0.15) is 6.07 Å². The van der Waals surface area contributed by atoms with E-state index in [1.54, 1.807) is 6.07 Å². The maximum atomic E-state index is 10.6. The quantitative estimate of drug-likeness (QED) is 0.703. The lowest BCUT2D eigenvalue weighted by Crippen LogP contribution is -2.00. The van der Waals surface area contributed by atoms with Crippen LogP contribution in [0, 0.1) is 11.3 Å². The van der Waals surface area contributed by atoms with E-state index in [0.717, 1.165) is 0 Å². The Labute approximate surface area is 85.0 Å². The number of carbonyl (C=O) groups is 1. The summed E-state index contributed by atoms with van der Waals surface area (Å²) >= 11 is 9.64. The number of nitriles is 1. The fourth-order valence-electron chi connectivity index (χ4n) is 0.853. The SMILES string of the molecule is N#Cc1c(C(=O)O)ccc(S)c1Cl. The maximum absolute atomic E-state index is 10.6. The average Bonchev–Trinajstić information content (AvgIpc) is 2.09. The van der Waals surface area contributed by atoms with Crippen molar-refractivity contribution in [2.24, 2.45) is 0 Å². The van der Waals surface area contributed by atoms with Crippen molar-refractivity contribution in [3.05, 3.63) is 28.3 Å². The molecule has 0 amide bonds. The molecule has 1 aromatic rings. The number of nitrogens with zero attached hydrogens (tertiary/aromatic N) is 1. The molecule has 0 atom stereocenters. The third kappa shape index (κ3) is 1.77. The summed E-state index contributed by atoms with van der Waals surface area (Å²) in [7, 11) is 0. The van der Waals surface area contributed by atoms with Crippen LogP contribution < -0.4 is 0 Å². The molecule has 1 aromatic carbocycles. The highest BCUT2D eigenvalue weighted by atomic mass is 35.5. The fraction of sp³-hybridized carbons (Fsp3) is 0. The third-order valence-electron chi connectivity index (χ3n) is 1.46. The Bertz CT molecular complexity index is 411. The third-order valence-corrected chi connectivity index (χ3v) is 2.36. The number of hydrogen-bond donors (Lipinski definition) is 2. The molecular formula is C8H4ClNO2S. The highest BCUT2D eigenvalue weighted by Gasteiger charge is 2.14. The van der Waals surface area contributed by atoms with Crippen LogP contribution in [0.25, 0.3) is 0 Å². The first kappa shape index (κ1) is 9.90. The summed E-state index contributed by atoms with van der Waals surface area (Å²) in [5.41, 5.74) is -0.160. The van der Waals surface area contributed by atoms with Crippen LogP contribution >= 0.6 is 24.2 Å². The summed E-state index contributed by atoms with van der Waals surface area (Å²) in [6, 6.07) is 4.47. The van der Waals surface area contributed by atoms with E-state index in [9.17, 15) is 4.79 Å². The number of thiol groups is 1. The van der Waals surface area contributed by atoms with Crippen LogP contribution in [0.1, 0.15) is 15.9 Å². The van der Waals surface area contributed by atoms with Crippen molar-refractivity contribution in [1.29, 1.82) is 5.26 Å². The lowest BCUT2D eigenvalue weighted by Gasteiger charge is -2.02. The van der Waals surface area contributed by atoms with Gasteiger partial charge in [-0.1, -0.05) is 11.6 Å². The molecule has 0 saturated carbocycles. The molecule has 0 spiro atoms. The number of halogens is 1. The Morgan fingerprint density at radius 3 is 2.69 bits per heavy atom. The van der Waals surface area contributed by atoms with Gasteiger partial charge in [0.05, 0.1) is 16.1 Å². The van der Waals surface area contributed by atoms with Gasteiger partial charge in [0.25, 0.3) is 0 Å². The molecule has 0 fully saturated rings. The molecule has 13 heavy (non-hydrogen) atoms. The first-order valence-corrected chi connectivity index (χ1v) is 4.05. The Morgan fingerprint density at radius 2 is 2.23 bits per heavy atom. The molecule has 0 aliphatic heterocycles. The first-order valence-electron chi connectivity index (χ1n) is 3.22. The van der Waals surface area contributed by atoms with Crippen molar-refractivity contribution < 1.29 is 9.90 Å². The highest BCUT2D eigenvalue weighted by Crippen LogP contribution is 2.26. The number of rotatable bonds is 1. The minimum Gasteiger partial charge on any atom is -0.478 e. The van der Waals surface area contributed by atoms with Gasteiger partial charge in [0.2, 0.25) is 0 Å². The van der Waals surface area contributed by atoms with E-state index in [4.69, 9.17) is 22.0 Å². The number of hydrogen-bond acceptors (Lipinski definition) is 3. The Hall–Kier alpha value is -1.18. The summed E-state index contributed by atoms with van der Waals surface area (Å²) in [5.74, 6) is -1.17. The van der Waals surface area contributed by atoms with Crippen LogP contribution in [0.15, 0.2) is 17.0 Å². The van der Waals surface area contributed by atoms with Gasteiger partial charge in [-0.25, -0.2) is 4.79 Å². The molecule has 0 aliphatic rings. The smallest absolute Gasteiger partial charge is 0.337 e. The largest absolute Gasteiger partial charge is 0.478 e. The maximum Gasteiger partial charge on any atom is 0.337 e. The summed E-state index contributed by atoms with van der Waals surface area (Å²) < 4.78 is 0. The minimum absolute atomic E-state index is 0.0540. The molecule has 1 rings (SSSR count). The van der Waals surface area contributed by atoms with Crippen molar-refractivity contribution in [2.75, 3.05) is 0 Å². The fourth-order valence-corrected chi connectivity index (χ4v) is 1.25. The van der Waals surface area contributed by atoms with Crippen molar-refractivity contribution >= 4 is 30.2 Å². The van der Waals surface area contributed by atoms with Crippen molar-refractivity contribution in [2.45, 2.75) is 4.90 Å². The van der Waals surface area contributed by atoms with E-state index in [1.807, 2.05) is 0 Å². The Balaban J connectivity index is 3.50. The molecular weight excluding hydrogens is 210 g/mol. The molecule has 0 heterocycles. The number of carboxylic acid groups (broad SMARTS) is 1. The van der Waals surface area contributed by atoms with Gasteiger partial charge in [-0.05, 0) is 12.1 Å². The van der Waals surface area contributed by atoms with Gasteiger partial charge < -0.3 is 5.11 Å². The van der Waals surface area contributed by atoms with E-state index < -0.39 is 5.97 Å². The van der Waals surface area contributed by atoms with Crippen LogP contribution in [0.5, 0.6) is 0 Å². The summed E-state index contributed by atoms with van der Waals surface area (Å²) in [6.07, 6.45) is 0. The lowest BCUT2D eigenvalue weighted by atomic mass is 10.1. The topological polar surface area (TPSA) is 61.1 Å². The normalized spacial score (nSPS) is 9.31. The zero-order valence-electron chi connectivity index (χ0n) is 6.28. The lowest BCUT2D eigenvalue weighted by molar-refractivity contribution is 0.0696. The zero-order valence-corrected chi connectivity index (χ0v) is 7.93. The molecule has 66 valence electrons. The van der Waals surface area contributed by atoms with Gasteiger partial charge in [-0.3, -0.25) is 0 Å². The molecule has 0 unspecified atom stereocenters. The van der Waals surface area contributed by atoms with Crippen molar-refractivity contribution in [3.63, 3.8) is 0 Å². The van der Waals surface area contributed by atoms with Crippen molar-refractivity contribution in [3.8, 4) is 6.07 Å². The second-order valence-electron chi connectivity index (χ2n) is 2.24. The molecule has 0 aliphatic carbocycles. The van der Waals surface area contributed by atoms with Gasteiger partial charge in [0.15, 0.2) is 0 Å². The van der Waals surface area contributed by atoms with E-state index in [-0.39, 0.29) is 16.1 Å². The number of benzene rings is 1. The van der Waals surface area contributed by atoms with E-state index >= 15 is 0 Å². The Kier molecular flexibility index (Phi) is 2.81. The number of aromatic carboxylic acids is 1. The summed E-state index contributed by atoms with van der Waals surface area (Å²) in [5, 5.41) is 17.4. The van der Waals surface area contributed by atoms with Crippen LogP contribution in [-0.4, -0.2) is 11.1 Å². The van der Waals surface area contributed by atoms with Crippen LogP contribution in [0.4, 0.5) is 0 Å². The molecule has 5 heteroatoms. The second-order valence-corrected chi connectivity index (χ2v) is 3.10. The molecule has 0 aromatic heterocycles. The van der Waals surface area contributed by atoms with Crippen LogP contribution in [0.3, 0.4) is 0 Å². The monoisotopic (exact) mass is 213 g/mol. The Morgan fingerprint density at radius 1 is 1.62 bits per heavy atom. The van der Waals surface area contributed by atoms with Gasteiger partial charge >= 0.3 is 5.97 Å². The van der Waals surface area contributed by atoms with Gasteiger partial charge in [-0.2, -0.15) is 5.26 Å². The van der Waals surface area contributed by atoms with Gasteiger partial charge in [0, 0.05) is 4.90 Å². The van der Waals surface area contributed by atoms with Gasteiger partial charge in [-0.15, -0.1) is 12.6 Å². The van der Waals surface area contributed by atoms with E-state index in [1.165, 1.54) is 12.1 Å². The van der Waals surface area contributed by atoms with Crippen LogP contribution in [-0.2, 0) is 0 Å². The summed E-state index contributed by atoms with van der Waals surface area (Å²) in [6.45, 7) is 0. The van der Waals surface area contributed by atoms with E-state index in [2.05, 4.69) is 12.6 Å². The predicted octanol–water partition coefficient (Wildman–Crippen LogP) is 2.20. The standard InChI is InChI=1S/C8H4ClNO2S/c9-7-5(3-10)4(8(11)12)1-2-6(7)13/h1-2,13H,(H,11,12). The molecule has 0 radical (unpaired) electrons. The second kappa shape index (κ2) is 3.69. The zero-order chi connectivity index (χ0) is 10.0. The molecule has 1 N–H and O–H groups in total.